The van der Waals surface area contributed by atoms with Gasteiger partial charge in [-0.05, 0) is 6.42 Å². The first-order valence-electron chi connectivity index (χ1n) is 5.49. The van der Waals surface area contributed by atoms with Gasteiger partial charge < -0.3 is 4.52 Å². The van der Waals surface area contributed by atoms with Gasteiger partial charge in [0.15, 0.2) is 5.82 Å². The predicted molar refractivity (Wildman–Crippen MR) is 61.0 cm³/mol. The molecule has 0 aliphatic carbocycles. The lowest BCUT2D eigenvalue weighted by Gasteiger charge is -2.19. The highest BCUT2D eigenvalue weighted by Crippen LogP contribution is 2.27. The molecule has 0 N–H and O–H groups in total. The second-order valence-electron chi connectivity index (χ2n) is 4.49. The molecule has 15 heavy (non-hydrogen) atoms. The summed E-state index contributed by atoms with van der Waals surface area (Å²) in [7, 11) is 0. The first-order valence-corrected chi connectivity index (χ1v) is 6.02. The van der Waals surface area contributed by atoms with Crippen molar-refractivity contribution in [3.8, 4) is 0 Å². The van der Waals surface area contributed by atoms with Crippen molar-refractivity contribution in [2.75, 3.05) is 0 Å². The molecule has 0 aromatic carbocycles. The lowest BCUT2D eigenvalue weighted by molar-refractivity contribution is 0.356. The summed E-state index contributed by atoms with van der Waals surface area (Å²) >= 11 is 5.62. The van der Waals surface area contributed by atoms with E-state index in [-0.39, 0.29) is 11.3 Å². The van der Waals surface area contributed by atoms with E-state index in [1.54, 1.807) is 0 Å². The summed E-state index contributed by atoms with van der Waals surface area (Å²) in [5.41, 5.74) is -0.0109. The van der Waals surface area contributed by atoms with Crippen LogP contribution in [-0.4, -0.2) is 10.1 Å². The Balaban J connectivity index is 2.59. The maximum atomic E-state index is 5.62. The Morgan fingerprint density at radius 1 is 1.33 bits per heavy atom. The Morgan fingerprint density at radius 2 is 2.07 bits per heavy atom. The van der Waals surface area contributed by atoms with E-state index in [1.807, 2.05) is 0 Å². The second-order valence-corrected chi connectivity index (χ2v) is 4.75. The van der Waals surface area contributed by atoms with Crippen LogP contribution in [-0.2, 0) is 11.3 Å². The van der Waals surface area contributed by atoms with Crippen molar-refractivity contribution in [1.29, 1.82) is 0 Å². The van der Waals surface area contributed by atoms with Crippen molar-refractivity contribution in [2.24, 2.45) is 0 Å². The first kappa shape index (κ1) is 12.5. The SMILES string of the molecule is CCCCCC(C)(C)c1noc(CCl)n1. The third kappa shape index (κ3) is 3.49. The third-order valence-corrected chi connectivity index (χ3v) is 2.82. The highest BCUT2D eigenvalue weighted by atomic mass is 35.5. The minimum atomic E-state index is -0.0109. The minimum Gasteiger partial charge on any atom is -0.338 e. The summed E-state index contributed by atoms with van der Waals surface area (Å²) in [4.78, 5) is 4.27. The molecule has 4 heteroatoms. The molecule has 86 valence electrons. The van der Waals surface area contributed by atoms with E-state index in [0.29, 0.717) is 5.89 Å². The van der Waals surface area contributed by atoms with Gasteiger partial charge in [-0.3, -0.25) is 0 Å². The standard InChI is InChI=1S/C11H19ClN2O/c1-4-5-6-7-11(2,3)10-13-9(8-12)15-14-10/h4-8H2,1-3H3. The molecule has 1 rings (SSSR count). The maximum absolute atomic E-state index is 5.62. The van der Waals surface area contributed by atoms with Crippen molar-refractivity contribution < 1.29 is 4.52 Å². The molecule has 0 fully saturated rings. The van der Waals surface area contributed by atoms with Crippen molar-refractivity contribution in [1.82, 2.24) is 10.1 Å². The van der Waals surface area contributed by atoms with E-state index in [4.69, 9.17) is 16.1 Å². The zero-order valence-corrected chi connectivity index (χ0v) is 10.5. The fraction of sp³-hybridized carbons (Fsp3) is 0.818. The third-order valence-electron chi connectivity index (χ3n) is 2.59. The Kier molecular flexibility index (Phi) is 4.58. The zero-order valence-electron chi connectivity index (χ0n) is 9.72. The summed E-state index contributed by atoms with van der Waals surface area (Å²) in [5.74, 6) is 1.57. The number of hydrogen-bond acceptors (Lipinski definition) is 3. The van der Waals surface area contributed by atoms with Crippen LogP contribution >= 0.6 is 11.6 Å². The van der Waals surface area contributed by atoms with Gasteiger partial charge in [0, 0.05) is 5.41 Å². The molecule has 0 atom stereocenters. The summed E-state index contributed by atoms with van der Waals surface area (Å²) in [6, 6.07) is 0. The molecule has 0 spiro atoms. The van der Waals surface area contributed by atoms with Crippen molar-refractivity contribution in [3.63, 3.8) is 0 Å². The molecule has 0 bridgehead atoms. The van der Waals surface area contributed by atoms with E-state index in [9.17, 15) is 0 Å². The first-order chi connectivity index (χ1) is 7.10. The van der Waals surface area contributed by atoms with Gasteiger partial charge in [-0.15, -0.1) is 11.6 Å². The van der Waals surface area contributed by atoms with Crippen molar-refractivity contribution >= 4 is 11.6 Å². The molecule has 0 unspecified atom stereocenters. The number of aromatic nitrogens is 2. The van der Waals surface area contributed by atoms with Crippen LogP contribution in [0.25, 0.3) is 0 Å². The van der Waals surface area contributed by atoms with E-state index in [2.05, 4.69) is 30.9 Å². The van der Waals surface area contributed by atoms with E-state index in [0.717, 1.165) is 12.2 Å². The second kappa shape index (κ2) is 5.50. The van der Waals surface area contributed by atoms with Crippen LogP contribution in [0.1, 0.15) is 58.2 Å². The summed E-state index contributed by atoms with van der Waals surface area (Å²) in [6.07, 6.45) is 4.77. The fourth-order valence-corrected chi connectivity index (χ4v) is 1.62. The summed E-state index contributed by atoms with van der Waals surface area (Å²) < 4.78 is 5.01. The van der Waals surface area contributed by atoms with Crippen LogP contribution in [0.3, 0.4) is 0 Å². The van der Waals surface area contributed by atoms with Crippen molar-refractivity contribution in [2.45, 2.75) is 57.7 Å². The van der Waals surface area contributed by atoms with Crippen LogP contribution in [0.2, 0.25) is 0 Å². The highest BCUT2D eigenvalue weighted by molar-refractivity contribution is 6.16. The molecule has 0 saturated heterocycles. The smallest absolute Gasteiger partial charge is 0.241 e. The number of nitrogens with zero attached hydrogens (tertiary/aromatic N) is 2. The van der Waals surface area contributed by atoms with Crippen LogP contribution in [0.5, 0.6) is 0 Å². The number of unbranched alkanes of at least 4 members (excludes halogenated alkanes) is 2. The van der Waals surface area contributed by atoms with E-state index >= 15 is 0 Å². The number of halogens is 1. The topological polar surface area (TPSA) is 38.9 Å². The van der Waals surface area contributed by atoms with Gasteiger partial charge in [0.05, 0.1) is 0 Å². The summed E-state index contributed by atoms with van der Waals surface area (Å²) in [6.45, 7) is 6.49. The predicted octanol–water partition coefficient (Wildman–Crippen LogP) is 3.67. The normalized spacial score (nSPS) is 12.0. The Labute approximate surface area is 96.2 Å². The van der Waals surface area contributed by atoms with Crippen molar-refractivity contribution in [3.05, 3.63) is 11.7 Å². The van der Waals surface area contributed by atoms with Gasteiger partial charge >= 0.3 is 0 Å². The zero-order chi connectivity index (χ0) is 11.3. The van der Waals surface area contributed by atoms with Crippen LogP contribution in [0.4, 0.5) is 0 Å². The molecule has 0 aliphatic rings. The average Bonchev–Trinajstić information content (AvgIpc) is 2.66. The largest absolute Gasteiger partial charge is 0.338 e. The lowest BCUT2D eigenvalue weighted by Crippen LogP contribution is -2.19. The highest BCUT2D eigenvalue weighted by Gasteiger charge is 2.25. The van der Waals surface area contributed by atoms with E-state index in [1.165, 1.54) is 19.3 Å². The Bertz CT molecular complexity index is 297. The van der Waals surface area contributed by atoms with Gasteiger partial charge in [0.1, 0.15) is 5.88 Å². The fourth-order valence-electron chi connectivity index (χ4n) is 1.51. The van der Waals surface area contributed by atoms with Crippen LogP contribution < -0.4 is 0 Å². The molecule has 0 aliphatic heterocycles. The van der Waals surface area contributed by atoms with Gasteiger partial charge in [0.25, 0.3) is 0 Å². The molecule has 0 saturated carbocycles. The van der Waals surface area contributed by atoms with Gasteiger partial charge in [-0.25, -0.2) is 0 Å². The number of rotatable bonds is 6. The van der Waals surface area contributed by atoms with Gasteiger partial charge in [-0.1, -0.05) is 45.2 Å². The minimum absolute atomic E-state index is 0.0109. The monoisotopic (exact) mass is 230 g/mol. The molecule has 1 aromatic rings. The molecular weight excluding hydrogens is 212 g/mol. The molecule has 1 heterocycles. The Morgan fingerprint density at radius 3 is 2.60 bits per heavy atom. The quantitative estimate of drug-likeness (QED) is 0.553. The molecule has 0 radical (unpaired) electrons. The molecule has 1 aromatic heterocycles. The summed E-state index contributed by atoms with van der Waals surface area (Å²) in [5, 5.41) is 3.97. The molecule has 3 nitrogen and oxygen atoms in total. The number of alkyl halides is 1. The van der Waals surface area contributed by atoms with E-state index < -0.39 is 0 Å². The number of hydrogen-bond donors (Lipinski definition) is 0. The average molecular weight is 231 g/mol. The van der Waals surface area contributed by atoms with Gasteiger partial charge in [0.2, 0.25) is 5.89 Å². The van der Waals surface area contributed by atoms with Crippen LogP contribution in [0.15, 0.2) is 4.52 Å². The van der Waals surface area contributed by atoms with Gasteiger partial charge in [-0.2, -0.15) is 4.98 Å². The molecular formula is C11H19ClN2O. The lowest BCUT2D eigenvalue weighted by atomic mass is 9.86. The molecule has 0 amide bonds. The maximum Gasteiger partial charge on any atom is 0.241 e. The van der Waals surface area contributed by atoms with Crippen LogP contribution in [0, 0.1) is 0 Å². The Hall–Kier alpha value is -0.570.